The van der Waals surface area contributed by atoms with Crippen LogP contribution in [-0.2, 0) is 22.8 Å². The number of hydrogen-bond acceptors (Lipinski definition) is 6. The van der Waals surface area contributed by atoms with Gasteiger partial charge in [0.1, 0.15) is 6.79 Å². The molecule has 0 amide bonds. The average Bonchev–Trinajstić information content (AvgIpc) is 2.94. The van der Waals surface area contributed by atoms with Gasteiger partial charge in [-0.2, -0.15) is 0 Å². The van der Waals surface area contributed by atoms with Crippen LogP contribution >= 0.6 is 0 Å². The van der Waals surface area contributed by atoms with Gasteiger partial charge < -0.3 is 27.9 Å². The van der Waals surface area contributed by atoms with Crippen LogP contribution in [0.25, 0.3) is 0 Å². The van der Waals surface area contributed by atoms with Crippen LogP contribution in [0.4, 0.5) is 0 Å². The van der Waals surface area contributed by atoms with Crippen LogP contribution in [0.3, 0.4) is 0 Å². The summed E-state index contributed by atoms with van der Waals surface area (Å²) in [4.78, 5) is 0. The highest BCUT2D eigenvalue weighted by Gasteiger charge is 2.45. The van der Waals surface area contributed by atoms with Crippen molar-refractivity contribution in [2.75, 3.05) is 26.6 Å². The Kier molecular flexibility index (Phi) is 21.2. The molecule has 0 aliphatic rings. The van der Waals surface area contributed by atoms with Gasteiger partial charge in [-0.15, -0.1) is 0 Å². The lowest BCUT2D eigenvalue weighted by atomic mass is 10.0. The van der Waals surface area contributed by atoms with Gasteiger partial charge in [-0.25, -0.2) is 0 Å². The van der Waals surface area contributed by atoms with Gasteiger partial charge in [0.15, 0.2) is 16.6 Å². The third-order valence-corrected chi connectivity index (χ3v) is 28.2. The van der Waals surface area contributed by atoms with E-state index in [1.807, 2.05) is 0 Å². The summed E-state index contributed by atoms with van der Waals surface area (Å²) < 4.78 is 33.6. The lowest BCUT2D eigenvalue weighted by molar-refractivity contribution is -0.125. The van der Waals surface area contributed by atoms with E-state index in [1.54, 1.807) is 0 Å². The lowest BCUT2D eigenvalue weighted by Gasteiger charge is -2.42. The van der Waals surface area contributed by atoms with E-state index in [-0.39, 0.29) is 36.7 Å². The molecule has 0 bridgehead atoms. The Morgan fingerprint density at radius 3 is 1.70 bits per heavy atom. The normalized spacial score (nSPS) is 16.4. The van der Waals surface area contributed by atoms with Crippen LogP contribution in [0.5, 0.6) is 0 Å². The molecule has 0 aliphatic heterocycles. The highest BCUT2D eigenvalue weighted by Crippen LogP contribution is 2.42. The number of rotatable bonds is 25. The van der Waals surface area contributed by atoms with Gasteiger partial charge in [0.2, 0.25) is 8.32 Å². The fourth-order valence-corrected chi connectivity index (χ4v) is 17.2. The second-order valence-corrected chi connectivity index (χ2v) is 38.3. The Morgan fingerprint density at radius 1 is 0.787 bits per heavy atom. The molecule has 282 valence electrons. The number of ether oxygens (including phenoxy) is 2. The van der Waals surface area contributed by atoms with Crippen LogP contribution in [0.2, 0.25) is 78.6 Å². The molecule has 47 heavy (non-hydrogen) atoms. The molecule has 0 unspecified atom stereocenters. The Hall–Kier alpha value is 0.368. The number of hydrogen-bond donors (Lipinski definition) is 1. The summed E-state index contributed by atoms with van der Waals surface area (Å²) in [5, 5.41) is 10.7. The summed E-state index contributed by atoms with van der Waals surface area (Å²) in [7, 11) is -7.20. The van der Waals surface area contributed by atoms with Crippen LogP contribution in [0, 0.1) is 0 Å². The first-order valence-electron chi connectivity index (χ1n) is 18.9. The van der Waals surface area contributed by atoms with Crippen molar-refractivity contribution in [3.8, 4) is 0 Å². The Balaban J connectivity index is 6.42. The van der Waals surface area contributed by atoms with Gasteiger partial charge in [0.25, 0.3) is 0 Å². The first-order chi connectivity index (χ1) is 21.5. The van der Waals surface area contributed by atoms with Crippen molar-refractivity contribution in [3.05, 3.63) is 11.6 Å². The molecule has 0 aliphatic carbocycles. The van der Waals surface area contributed by atoms with Crippen molar-refractivity contribution >= 4 is 33.0 Å². The summed E-state index contributed by atoms with van der Waals surface area (Å²) in [5.41, 5.74) is 2.54. The highest BCUT2D eigenvalue weighted by atomic mass is 28.4. The molecular formula is C37H82O6Si4. The largest absolute Gasteiger partial charge is 0.414 e. The summed E-state index contributed by atoms with van der Waals surface area (Å²) in [6, 6.07) is 4.33. The van der Waals surface area contributed by atoms with E-state index in [0.717, 1.165) is 36.4 Å². The Labute approximate surface area is 297 Å². The molecule has 6 nitrogen and oxygen atoms in total. The summed E-state index contributed by atoms with van der Waals surface area (Å²) in [5.74, 6) is 0. The third kappa shape index (κ3) is 15.7. The number of aliphatic hydroxyl groups is 1. The SMILES string of the molecule is CC[Si](CC)(CC)O[C@@H](C/C(=C\CO[Si](C(C)C)(C(C)C)C(C)C)CO)C[C@@H](OCOCC[Si](C)(C)C)[C@@H](C)O[Si](C)(C)C(C)(C)C. The number of aliphatic hydroxyl groups excluding tert-OH is 1. The molecular weight excluding hydrogens is 653 g/mol. The maximum absolute atomic E-state index is 10.6. The monoisotopic (exact) mass is 735 g/mol. The van der Waals surface area contributed by atoms with Gasteiger partial charge in [0.05, 0.1) is 31.5 Å². The van der Waals surface area contributed by atoms with Crippen LogP contribution in [-0.4, -0.2) is 83.1 Å². The second kappa shape index (κ2) is 21.0. The predicted molar refractivity (Wildman–Crippen MR) is 215 cm³/mol. The van der Waals surface area contributed by atoms with Crippen molar-refractivity contribution in [3.63, 3.8) is 0 Å². The Bertz CT molecular complexity index is 845. The fourth-order valence-electron chi connectivity index (χ4n) is 6.78. The second-order valence-electron chi connectivity index (χ2n) is 17.7. The maximum atomic E-state index is 10.6. The molecule has 0 rings (SSSR count). The zero-order valence-corrected chi connectivity index (χ0v) is 38.6. The quantitative estimate of drug-likeness (QED) is 0.0436. The van der Waals surface area contributed by atoms with Crippen molar-refractivity contribution in [2.45, 2.75) is 200 Å². The molecule has 0 radical (unpaired) electrons. The zero-order chi connectivity index (χ0) is 36.9. The fraction of sp³-hybridized carbons (Fsp3) is 0.946. The van der Waals surface area contributed by atoms with E-state index >= 15 is 0 Å². The topological polar surface area (TPSA) is 66.4 Å². The third-order valence-electron chi connectivity index (χ3n) is 11.1. The molecule has 0 aromatic heterocycles. The first kappa shape index (κ1) is 47.4. The van der Waals surface area contributed by atoms with E-state index < -0.39 is 33.0 Å². The molecule has 0 heterocycles. The molecule has 0 aromatic rings. The minimum absolute atomic E-state index is 0.00307. The van der Waals surface area contributed by atoms with E-state index in [9.17, 15) is 5.11 Å². The zero-order valence-electron chi connectivity index (χ0n) is 34.6. The van der Waals surface area contributed by atoms with E-state index in [2.05, 4.69) is 129 Å². The standard InChI is InChI=1S/C37H82O6Si4/c1-19-46(20-2,21-3)43-35(26-34(28-38)22-23-41-47(30(4)5,31(6)7)32(8)9)27-36(40-29-39-24-25-44(14,15)16)33(10)42-45(17,18)37(11,12)13/h22,30-33,35-36,38H,19-21,23-29H2,1-18H3/b34-22+/t33-,35+,36-/m1/s1. The van der Waals surface area contributed by atoms with Gasteiger partial charge in [-0.3, -0.25) is 0 Å². The van der Waals surface area contributed by atoms with Crippen molar-refractivity contribution in [1.82, 2.24) is 0 Å². The molecule has 1 N–H and O–H groups in total. The highest BCUT2D eigenvalue weighted by molar-refractivity contribution is 6.77. The van der Waals surface area contributed by atoms with Crippen molar-refractivity contribution in [1.29, 1.82) is 0 Å². The van der Waals surface area contributed by atoms with Gasteiger partial charge in [-0.05, 0) is 77.8 Å². The van der Waals surface area contributed by atoms with E-state index in [4.69, 9.17) is 22.8 Å². The minimum atomic E-state index is -2.04. The Morgan fingerprint density at radius 2 is 1.30 bits per heavy atom. The molecule has 0 aromatic carbocycles. The summed E-state index contributed by atoms with van der Waals surface area (Å²) >= 11 is 0. The van der Waals surface area contributed by atoms with Gasteiger partial charge >= 0.3 is 0 Å². The van der Waals surface area contributed by atoms with Crippen molar-refractivity contribution in [2.24, 2.45) is 0 Å². The molecule has 0 saturated carbocycles. The van der Waals surface area contributed by atoms with Crippen molar-refractivity contribution < 1.29 is 27.9 Å². The molecule has 0 saturated heterocycles. The lowest BCUT2D eigenvalue weighted by Crippen LogP contribution is -2.48. The molecule has 10 heteroatoms. The molecule has 0 fully saturated rings. The summed E-state index contributed by atoms with van der Waals surface area (Å²) in [6.45, 7) is 43.0. The van der Waals surface area contributed by atoms with Crippen LogP contribution in [0.1, 0.15) is 103 Å². The maximum Gasteiger partial charge on any atom is 0.200 e. The predicted octanol–water partition coefficient (Wildman–Crippen LogP) is 11.4. The first-order valence-corrected chi connectivity index (χ1v) is 30.2. The molecule has 3 atom stereocenters. The van der Waals surface area contributed by atoms with Crippen LogP contribution in [0.15, 0.2) is 11.6 Å². The summed E-state index contributed by atoms with van der Waals surface area (Å²) in [6.07, 6.45) is 3.13. The smallest absolute Gasteiger partial charge is 0.200 e. The van der Waals surface area contributed by atoms with E-state index in [0.29, 0.717) is 36.1 Å². The van der Waals surface area contributed by atoms with Gasteiger partial charge in [-0.1, -0.05) is 109 Å². The van der Waals surface area contributed by atoms with Crippen LogP contribution < -0.4 is 0 Å². The minimum Gasteiger partial charge on any atom is -0.414 e. The average molecular weight is 735 g/mol. The van der Waals surface area contributed by atoms with E-state index in [1.165, 1.54) is 0 Å². The van der Waals surface area contributed by atoms with Gasteiger partial charge in [0, 0.05) is 21.1 Å². The molecule has 0 spiro atoms.